The van der Waals surface area contributed by atoms with Gasteiger partial charge in [0.1, 0.15) is 11.8 Å². The summed E-state index contributed by atoms with van der Waals surface area (Å²) >= 11 is 9.57. The van der Waals surface area contributed by atoms with Gasteiger partial charge in [-0.05, 0) is 42.5 Å². The molecule has 1 amide bonds. The molecule has 1 aromatic heterocycles. The summed E-state index contributed by atoms with van der Waals surface area (Å²) in [5.41, 5.74) is 2.68. The first-order valence-corrected chi connectivity index (χ1v) is 10.4. The van der Waals surface area contributed by atoms with Crippen LogP contribution in [0.5, 0.6) is 0 Å². The summed E-state index contributed by atoms with van der Waals surface area (Å²) in [6, 6.07) is 19.3. The minimum atomic E-state index is -0.128. The van der Waals surface area contributed by atoms with E-state index in [1.807, 2.05) is 53.4 Å². The second-order valence-electron chi connectivity index (χ2n) is 6.80. The van der Waals surface area contributed by atoms with Crippen LogP contribution in [0.4, 0.5) is 5.69 Å². The van der Waals surface area contributed by atoms with Gasteiger partial charge in [0.2, 0.25) is 0 Å². The SMILES string of the molecule is N#Cc1ccn(-c2cccc(Br)c2)c1C(=O)N1CCN(c2cccc(Cl)c2)CC1. The van der Waals surface area contributed by atoms with Gasteiger partial charge in [0.05, 0.1) is 5.56 Å². The molecule has 2 heterocycles. The topological polar surface area (TPSA) is 52.3 Å². The summed E-state index contributed by atoms with van der Waals surface area (Å²) in [4.78, 5) is 17.3. The van der Waals surface area contributed by atoms with Gasteiger partial charge in [0.25, 0.3) is 5.91 Å². The lowest BCUT2D eigenvalue weighted by atomic mass is 10.2. The number of nitrogens with zero attached hydrogens (tertiary/aromatic N) is 4. The van der Waals surface area contributed by atoms with Crippen molar-refractivity contribution in [1.82, 2.24) is 9.47 Å². The Morgan fingerprint density at radius 3 is 2.41 bits per heavy atom. The molecule has 0 unspecified atom stereocenters. The molecule has 3 aromatic rings. The van der Waals surface area contributed by atoms with Gasteiger partial charge in [0.15, 0.2) is 0 Å². The van der Waals surface area contributed by atoms with E-state index in [0.29, 0.717) is 42.5 Å². The standard InChI is InChI=1S/C22H18BrClN4O/c23-17-3-1-6-20(13-17)28-8-7-16(15-25)21(28)22(29)27-11-9-26(10-12-27)19-5-2-4-18(24)14-19/h1-8,13-14H,9-12H2. The zero-order chi connectivity index (χ0) is 20.4. The van der Waals surface area contributed by atoms with Gasteiger partial charge in [-0.1, -0.05) is 39.7 Å². The minimum absolute atomic E-state index is 0.128. The van der Waals surface area contributed by atoms with Crippen molar-refractivity contribution in [2.24, 2.45) is 0 Å². The largest absolute Gasteiger partial charge is 0.368 e. The summed E-state index contributed by atoms with van der Waals surface area (Å²) in [6.07, 6.45) is 1.77. The molecule has 29 heavy (non-hydrogen) atoms. The van der Waals surface area contributed by atoms with Crippen molar-refractivity contribution in [3.8, 4) is 11.8 Å². The molecule has 5 nitrogen and oxygen atoms in total. The molecule has 1 aliphatic rings. The first-order chi connectivity index (χ1) is 14.1. The number of carbonyl (C=O) groups excluding carboxylic acids is 1. The third-order valence-corrected chi connectivity index (χ3v) is 5.76. The smallest absolute Gasteiger partial charge is 0.272 e. The van der Waals surface area contributed by atoms with Gasteiger partial charge >= 0.3 is 0 Å². The maximum absolute atomic E-state index is 13.3. The van der Waals surface area contributed by atoms with Crippen molar-refractivity contribution >= 4 is 39.1 Å². The average Bonchev–Trinajstić information content (AvgIpc) is 3.17. The van der Waals surface area contributed by atoms with E-state index >= 15 is 0 Å². The fourth-order valence-electron chi connectivity index (χ4n) is 3.57. The first-order valence-electron chi connectivity index (χ1n) is 9.24. The lowest BCUT2D eigenvalue weighted by Gasteiger charge is -2.36. The van der Waals surface area contributed by atoms with Gasteiger partial charge in [-0.3, -0.25) is 4.79 Å². The molecule has 0 atom stereocenters. The molecule has 146 valence electrons. The van der Waals surface area contributed by atoms with E-state index in [1.165, 1.54) is 0 Å². The number of hydrogen-bond donors (Lipinski definition) is 0. The summed E-state index contributed by atoms with van der Waals surface area (Å²) < 4.78 is 2.70. The highest BCUT2D eigenvalue weighted by molar-refractivity contribution is 9.10. The van der Waals surface area contributed by atoms with Gasteiger partial charge in [-0.15, -0.1) is 0 Å². The predicted molar refractivity (Wildman–Crippen MR) is 118 cm³/mol. The number of amides is 1. The Bertz CT molecular complexity index is 1100. The van der Waals surface area contributed by atoms with Crippen molar-refractivity contribution in [2.45, 2.75) is 0 Å². The number of carbonyl (C=O) groups is 1. The second kappa shape index (κ2) is 8.32. The van der Waals surface area contributed by atoms with Crippen LogP contribution in [-0.4, -0.2) is 41.6 Å². The Hall–Kier alpha value is -2.75. The highest BCUT2D eigenvalue weighted by Gasteiger charge is 2.27. The third kappa shape index (κ3) is 4.02. The number of piperazine rings is 1. The van der Waals surface area contributed by atoms with Crippen LogP contribution in [-0.2, 0) is 0 Å². The number of rotatable bonds is 3. The fourth-order valence-corrected chi connectivity index (χ4v) is 4.14. The Balaban J connectivity index is 1.56. The maximum atomic E-state index is 13.3. The van der Waals surface area contributed by atoms with Crippen molar-refractivity contribution in [1.29, 1.82) is 5.26 Å². The van der Waals surface area contributed by atoms with Crippen LogP contribution in [0.2, 0.25) is 5.02 Å². The molecule has 0 bridgehead atoms. The zero-order valence-corrected chi connectivity index (χ0v) is 17.9. The highest BCUT2D eigenvalue weighted by Crippen LogP contribution is 2.24. The van der Waals surface area contributed by atoms with Crippen LogP contribution in [0, 0.1) is 11.3 Å². The van der Waals surface area contributed by atoms with Crippen LogP contribution in [0.1, 0.15) is 16.1 Å². The first kappa shape index (κ1) is 19.6. The Kier molecular flexibility index (Phi) is 5.61. The van der Waals surface area contributed by atoms with E-state index < -0.39 is 0 Å². The summed E-state index contributed by atoms with van der Waals surface area (Å²) in [5, 5.41) is 10.2. The predicted octanol–water partition coefficient (Wildman–Crippen LogP) is 4.73. The van der Waals surface area contributed by atoms with Crippen LogP contribution in [0.25, 0.3) is 5.69 Å². The Labute approximate surface area is 182 Å². The third-order valence-electron chi connectivity index (χ3n) is 5.04. The summed E-state index contributed by atoms with van der Waals surface area (Å²) in [6.45, 7) is 2.59. The molecule has 0 spiro atoms. The highest BCUT2D eigenvalue weighted by atomic mass is 79.9. The van der Waals surface area contributed by atoms with Gasteiger partial charge in [0, 0.05) is 53.2 Å². The molecule has 1 aliphatic heterocycles. The lowest BCUT2D eigenvalue weighted by Crippen LogP contribution is -2.49. The number of anilines is 1. The van der Waals surface area contributed by atoms with E-state index in [0.717, 1.165) is 15.8 Å². The monoisotopic (exact) mass is 468 g/mol. The zero-order valence-electron chi connectivity index (χ0n) is 15.6. The average molecular weight is 470 g/mol. The molecule has 0 N–H and O–H groups in total. The van der Waals surface area contributed by atoms with Crippen LogP contribution in [0.15, 0.2) is 65.3 Å². The molecule has 0 radical (unpaired) electrons. The summed E-state index contributed by atoms with van der Waals surface area (Å²) in [7, 11) is 0. The quantitative estimate of drug-likeness (QED) is 0.557. The van der Waals surface area contributed by atoms with E-state index in [-0.39, 0.29) is 5.91 Å². The number of aromatic nitrogens is 1. The number of hydrogen-bond acceptors (Lipinski definition) is 3. The maximum Gasteiger partial charge on any atom is 0.272 e. The number of nitriles is 1. The van der Waals surface area contributed by atoms with Gasteiger partial charge in [-0.2, -0.15) is 5.26 Å². The van der Waals surface area contributed by atoms with Crippen molar-refractivity contribution in [3.63, 3.8) is 0 Å². The molecule has 0 aliphatic carbocycles. The number of halogens is 2. The van der Waals surface area contributed by atoms with Crippen molar-refractivity contribution < 1.29 is 4.79 Å². The Morgan fingerprint density at radius 2 is 1.72 bits per heavy atom. The van der Waals surface area contributed by atoms with Crippen molar-refractivity contribution in [3.05, 3.63) is 81.5 Å². The lowest BCUT2D eigenvalue weighted by molar-refractivity contribution is 0.0738. The van der Waals surface area contributed by atoms with Crippen molar-refractivity contribution in [2.75, 3.05) is 31.1 Å². The van der Waals surface area contributed by atoms with Crippen LogP contribution < -0.4 is 4.90 Å². The van der Waals surface area contributed by atoms with Crippen LogP contribution >= 0.6 is 27.5 Å². The van der Waals surface area contributed by atoms with E-state index in [4.69, 9.17) is 11.6 Å². The molecular formula is C22H18BrClN4O. The fraction of sp³-hybridized carbons (Fsp3) is 0.182. The van der Waals surface area contributed by atoms with E-state index in [2.05, 4.69) is 26.9 Å². The molecular weight excluding hydrogens is 452 g/mol. The molecule has 2 aromatic carbocycles. The minimum Gasteiger partial charge on any atom is -0.368 e. The number of benzene rings is 2. The van der Waals surface area contributed by atoms with Crippen LogP contribution in [0.3, 0.4) is 0 Å². The molecule has 7 heteroatoms. The normalized spacial score (nSPS) is 14.0. The van der Waals surface area contributed by atoms with Gasteiger partial charge in [-0.25, -0.2) is 0 Å². The van der Waals surface area contributed by atoms with E-state index in [9.17, 15) is 10.1 Å². The Morgan fingerprint density at radius 1 is 1.00 bits per heavy atom. The van der Waals surface area contributed by atoms with Gasteiger partial charge < -0.3 is 14.4 Å². The molecule has 4 rings (SSSR count). The summed E-state index contributed by atoms with van der Waals surface area (Å²) in [5.74, 6) is -0.128. The second-order valence-corrected chi connectivity index (χ2v) is 8.15. The molecule has 0 saturated carbocycles. The molecule has 1 fully saturated rings. The van der Waals surface area contributed by atoms with E-state index in [1.54, 1.807) is 16.8 Å². The molecule has 1 saturated heterocycles.